The Morgan fingerprint density at radius 3 is 2.29 bits per heavy atom. The van der Waals surface area contributed by atoms with E-state index in [0.717, 1.165) is 18.5 Å². The minimum Gasteiger partial charge on any atom is -0.397 e. The van der Waals surface area contributed by atoms with E-state index < -0.39 is 0 Å². The molecule has 0 aliphatic heterocycles. The molecule has 0 unspecified atom stereocenters. The zero-order valence-corrected chi connectivity index (χ0v) is 8.88. The summed E-state index contributed by atoms with van der Waals surface area (Å²) in [6.45, 7) is 4.34. The molecule has 0 aromatic heterocycles. The smallest absolute Gasteiger partial charge is 0.0568 e. The summed E-state index contributed by atoms with van der Waals surface area (Å²) in [6.07, 6.45) is 2.22. The van der Waals surface area contributed by atoms with Crippen LogP contribution in [0.1, 0.15) is 26.7 Å². The maximum atomic E-state index is 5.71. The van der Waals surface area contributed by atoms with E-state index in [0.29, 0.717) is 17.4 Å². The minimum atomic E-state index is 0.512. The number of hydrogen-bond donors (Lipinski definition) is 3. The van der Waals surface area contributed by atoms with Crippen molar-refractivity contribution in [3.8, 4) is 0 Å². The molecule has 14 heavy (non-hydrogen) atoms. The van der Waals surface area contributed by atoms with Gasteiger partial charge in [-0.25, -0.2) is 0 Å². The Hall–Kier alpha value is -1.38. The van der Waals surface area contributed by atoms with Gasteiger partial charge in [0.25, 0.3) is 0 Å². The van der Waals surface area contributed by atoms with Crippen LogP contribution in [0.15, 0.2) is 18.2 Å². The number of anilines is 3. The van der Waals surface area contributed by atoms with Gasteiger partial charge in [-0.1, -0.05) is 13.8 Å². The van der Waals surface area contributed by atoms with Gasteiger partial charge in [-0.15, -0.1) is 0 Å². The Bertz CT molecular complexity index is 293. The van der Waals surface area contributed by atoms with Crippen LogP contribution in [0.2, 0.25) is 0 Å². The van der Waals surface area contributed by atoms with Crippen LogP contribution in [0.5, 0.6) is 0 Å². The third-order valence-electron chi connectivity index (χ3n) is 2.44. The van der Waals surface area contributed by atoms with Crippen LogP contribution < -0.4 is 16.8 Å². The van der Waals surface area contributed by atoms with E-state index in [1.807, 2.05) is 18.2 Å². The van der Waals surface area contributed by atoms with Crippen molar-refractivity contribution in [1.82, 2.24) is 0 Å². The van der Waals surface area contributed by atoms with E-state index in [9.17, 15) is 0 Å². The Kier molecular flexibility index (Phi) is 3.63. The number of nitrogen functional groups attached to an aromatic ring is 2. The highest BCUT2D eigenvalue weighted by molar-refractivity contribution is 5.69. The topological polar surface area (TPSA) is 64.1 Å². The van der Waals surface area contributed by atoms with Crippen molar-refractivity contribution in [2.45, 2.75) is 32.7 Å². The van der Waals surface area contributed by atoms with E-state index in [1.165, 1.54) is 0 Å². The summed E-state index contributed by atoms with van der Waals surface area (Å²) >= 11 is 0. The molecule has 0 fully saturated rings. The molecule has 1 aromatic rings. The van der Waals surface area contributed by atoms with Crippen LogP contribution in [-0.4, -0.2) is 6.04 Å². The molecule has 0 aliphatic carbocycles. The van der Waals surface area contributed by atoms with Gasteiger partial charge in [0.05, 0.1) is 11.4 Å². The van der Waals surface area contributed by atoms with Crippen LogP contribution in [0.25, 0.3) is 0 Å². The Balaban J connectivity index is 2.72. The van der Waals surface area contributed by atoms with Crippen molar-refractivity contribution in [3.05, 3.63) is 18.2 Å². The second kappa shape index (κ2) is 4.74. The first-order chi connectivity index (χ1) is 6.67. The highest BCUT2D eigenvalue weighted by Crippen LogP contribution is 2.20. The predicted molar refractivity (Wildman–Crippen MR) is 63.3 cm³/mol. The summed E-state index contributed by atoms with van der Waals surface area (Å²) in [5, 5.41) is 3.41. The largest absolute Gasteiger partial charge is 0.397 e. The first-order valence-electron chi connectivity index (χ1n) is 5.08. The minimum absolute atomic E-state index is 0.512. The Morgan fingerprint density at radius 1 is 1.14 bits per heavy atom. The monoisotopic (exact) mass is 193 g/mol. The van der Waals surface area contributed by atoms with Crippen molar-refractivity contribution in [1.29, 1.82) is 0 Å². The van der Waals surface area contributed by atoms with Crippen molar-refractivity contribution in [2.75, 3.05) is 16.8 Å². The van der Waals surface area contributed by atoms with Gasteiger partial charge in [0, 0.05) is 11.7 Å². The molecule has 1 rings (SSSR count). The predicted octanol–water partition coefficient (Wildman–Crippen LogP) is 2.45. The number of benzene rings is 1. The lowest BCUT2D eigenvalue weighted by atomic mass is 10.1. The van der Waals surface area contributed by atoms with Gasteiger partial charge >= 0.3 is 0 Å². The molecule has 3 nitrogen and oxygen atoms in total. The summed E-state index contributed by atoms with van der Waals surface area (Å²) in [5.74, 6) is 0. The standard InChI is InChI=1S/C11H19N3/c1-3-8(4-2)14-9-5-6-10(12)11(13)7-9/h5-8,14H,3-4,12-13H2,1-2H3. The van der Waals surface area contributed by atoms with Crippen molar-refractivity contribution in [3.63, 3.8) is 0 Å². The van der Waals surface area contributed by atoms with E-state index >= 15 is 0 Å². The summed E-state index contributed by atoms with van der Waals surface area (Å²) in [5.41, 5.74) is 13.7. The number of rotatable bonds is 4. The molecule has 0 heterocycles. The van der Waals surface area contributed by atoms with Crippen LogP contribution in [0, 0.1) is 0 Å². The van der Waals surface area contributed by atoms with Crippen molar-refractivity contribution in [2.24, 2.45) is 0 Å². The zero-order valence-electron chi connectivity index (χ0n) is 8.88. The molecule has 0 bridgehead atoms. The van der Waals surface area contributed by atoms with Gasteiger partial charge in [-0.2, -0.15) is 0 Å². The van der Waals surface area contributed by atoms with Crippen LogP contribution in [-0.2, 0) is 0 Å². The van der Waals surface area contributed by atoms with Crippen molar-refractivity contribution < 1.29 is 0 Å². The molecule has 5 N–H and O–H groups in total. The maximum Gasteiger partial charge on any atom is 0.0568 e. The second-order valence-corrected chi connectivity index (χ2v) is 3.50. The van der Waals surface area contributed by atoms with E-state index in [1.54, 1.807) is 0 Å². The average molecular weight is 193 g/mol. The first-order valence-corrected chi connectivity index (χ1v) is 5.08. The third kappa shape index (κ3) is 2.55. The lowest BCUT2D eigenvalue weighted by molar-refractivity contribution is 0.672. The normalized spacial score (nSPS) is 10.5. The lowest BCUT2D eigenvalue weighted by Crippen LogP contribution is -2.17. The molecular weight excluding hydrogens is 174 g/mol. The molecule has 1 aromatic carbocycles. The van der Waals surface area contributed by atoms with E-state index in [-0.39, 0.29) is 0 Å². The van der Waals surface area contributed by atoms with Gasteiger partial charge in [-0.3, -0.25) is 0 Å². The second-order valence-electron chi connectivity index (χ2n) is 3.50. The average Bonchev–Trinajstić information content (AvgIpc) is 2.19. The third-order valence-corrected chi connectivity index (χ3v) is 2.44. The molecule has 0 saturated heterocycles. The highest BCUT2D eigenvalue weighted by Gasteiger charge is 2.03. The fraction of sp³-hybridized carbons (Fsp3) is 0.455. The molecule has 78 valence electrons. The molecule has 0 amide bonds. The zero-order chi connectivity index (χ0) is 10.6. The quantitative estimate of drug-likeness (QED) is 0.643. The SMILES string of the molecule is CCC(CC)Nc1ccc(N)c(N)c1. The lowest BCUT2D eigenvalue weighted by Gasteiger charge is -2.16. The molecule has 0 saturated carbocycles. The van der Waals surface area contributed by atoms with Crippen molar-refractivity contribution >= 4 is 17.1 Å². The summed E-state index contributed by atoms with van der Waals surface area (Å²) in [6, 6.07) is 6.19. The van der Waals surface area contributed by atoms with Gasteiger partial charge in [0.15, 0.2) is 0 Å². The molecule has 0 atom stereocenters. The van der Waals surface area contributed by atoms with Crippen LogP contribution in [0.4, 0.5) is 17.1 Å². The number of nitrogens with one attached hydrogen (secondary N) is 1. The van der Waals surface area contributed by atoms with E-state index in [4.69, 9.17) is 11.5 Å². The first kappa shape index (κ1) is 10.7. The molecule has 0 aliphatic rings. The number of nitrogens with two attached hydrogens (primary N) is 2. The van der Waals surface area contributed by atoms with Crippen LogP contribution in [0.3, 0.4) is 0 Å². The highest BCUT2D eigenvalue weighted by atomic mass is 14.9. The van der Waals surface area contributed by atoms with Gasteiger partial charge in [0.2, 0.25) is 0 Å². The molecular formula is C11H19N3. The summed E-state index contributed by atoms with van der Waals surface area (Å²) < 4.78 is 0. The van der Waals surface area contributed by atoms with Gasteiger partial charge in [-0.05, 0) is 31.0 Å². The summed E-state index contributed by atoms with van der Waals surface area (Å²) in [4.78, 5) is 0. The molecule has 3 heteroatoms. The molecule has 0 radical (unpaired) electrons. The maximum absolute atomic E-state index is 5.71. The van der Waals surface area contributed by atoms with E-state index in [2.05, 4.69) is 19.2 Å². The summed E-state index contributed by atoms with van der Waals surface area (Å²) in [7, 11) is 0. The van der Waals surface area contributed by atoms with Gasteiger partial charge < -0.3 is 16.8 Å². The Morgan fingerprint density at radius 2 is 1.79 bits per heavy atom. The molecule has 0 spiro atoms. The fourth-order valence-corrected chi connectivity index (χ4v) is 1.39. The fourth-order valence-electron chi connectivity index (χ4n) is 1.39. The van der Waals surface area contributed by atoms with Gasteiger partial charge in [0.1, 0.15) is 0 Å². The van der Waals surface area contributed by atoms with Crippen LogP contribution >= 0.6 is 0 Å². The Labute approximate surface area is 85.5 Å². The number of hydrogen-bond acceptors (Lipinski definition) is 3.